The lowest BCUT2D eigenvalue weighted by atomic mass is 9.62. The summed E-state index contributed by atoms with van der Waals surface area (Å²) >= 11 is 0. The molecule has 29 heavy (non-hydrogen) atoms. The Morgan fingerprint density at radius 3 is 2.45 bits per heavy atom. The fourth-order valence-electron chi connectivity index (χ4n) is 5.60. The third-order valence-electron chi connectivity index (χ3n) is 6.92. The first-order valence-electron chi connectivity index (χ1n) is 9.75. The minimum Gasteiger partial charge on any atom is -0.468 e. The molecule has 150 valence electrons. The second kappa shape index (κ2) is 6.56. The number of benzene rings is 2. The molecule has 1 unspecified atom stereocenters. The average molecular weight is 391 g/mol. The molecule has 2 aromatic carbocycles. The smallest absolute Gasteiger partial charge is 0.315 e. The highest BCUT2D eigenvalue weighted by Gasteiger charge is 2.76. The Morgan fingerprint density at radius 1 is 1.17 bits per heavy atom. The number of ketones is 1. The fourth-order valence-corrected chi connectivity index (χ4v) is 5.60. The summed E-state index contributed by atoms with van der Waals surface area (Å²) in [7, 11) is 3.14. The van der Waals surface area contributed by atoms with Gasteiger partial charge in [-0.05, 0) is 37.0 Å². The number of hydrogen-bond donors (Lipinski definition) is 1. The largest absolute Gasteiger partial charge is 0.468 e. The van der Waals surface area contributed by atoms with Gasteiger partial charge in [0, 0.05) is 18.3 Å². The predicted octanol–water partition coefficient (Wildman–Crippen LogP) is 3.48. The van der Waals surface area contributed by atoms with Gasteiger partial charge < -0.3 is 14.7 Å². The van der Waals surface area contributed by atoms with E-state index < -0.39 is 22.5 Å². The Hall–Kier alpha value is -2.92. The van der Waals surface area contributed by atoms with Crippen LogP contribution in [0, 0.1) is 5.41 Å². The zero-order valence-electron chi connectivity index (χ0n) is 16.7. The molecule has 5 nitrogen and oxygen atoms in total. The van der Waals surface area contributed by atoms with E-state index in [4.69, 9.17) is 4.74 Å². The zero-order valence-corrected chi connectivity index (χ0v) is 16.7. The lowest BCUT2D eigenvalue weighted by Crippen LogP contribution is -2.66. The maximum absolute atomic E-state index is 13.8. The number of para-hydroxylation sites is 1. The summed E-state index contributed by atoms with van der Waals surface area (Å²) in [5.74, 6) is -0.699. The van der Waals surface area contributed by atoms with E-state index >= 15 is 0 Å². The molecule has 4 rings (SSSR count). The number of carbonyl (C=O) groups is 2. The molecule has 0 amide bonds. The van der Waals surface area contributed by atoms with E-state index in [0.29, 0.717) is 24.0 Å². The normalized spacial score (nSPS) is 30.4. The van der Waals surface area contributed by atoms with Crippen molar-refractivity contribution in [3.63, 3.8) is 0 Å². The molecular weight excluding hydrogens is 366 g/mol. The second-order valence-corrected chi connectivity index (χ2v) is 7.91. The van der Waals surface area contributed by atoms with Gasteiger partial charge in [0.15, 0.2) is 5.78 Å². The van der Waals surface area contributed by atoms with Crippen LogP contribution in [0.15, 0.2) is 67.3 Å². The van der Waals surface area contributed by atoms with Crippen LogP contribution in [-0.2, 0) is 15.1 Å². The number of aliphatic hydroxyl groups is 1. The van der Waals surface area contributed by atoms with Crippen LogP contribution in [0.2, 0.25) is 0 Å². The summed E-state index contributed by atoms with van der Waals surface area (Å²) in [5.41, 5.74) is -2.59. The van der Waals surface area contributed by atoms with E-state index in [1.807, 2.05) is 48.3 Å². The monoisotopic (exact) mass is 391 g/mol. The first kappa shape index (κ1) is 19.4. The minimum absolute atomic E-state index is 0.170. The molecule has 1 spiro atoms. The van der Waals surface area contributed by atoms with Gasteiger partial charge in [-0.25, -0.2) is 0 Å². The SMILES string of the molecule is C=CC[C@@]1(C(=O)OC)CCC2(C(=O)c3ccccc3N2C)[C@]1(O)c1ccccc1. The van der Waals surface area contributed by atoms with E-state index in [1.54, 1.807) is 24.3 Å². The predicted molar refractivity (Wildman–Crippen MR) is 111 cm³/mol. The molecule has 3 atom stereocenters. The quantitative estimate of drug-likeness (QED) is 0.639. The van der Waals surface area contributed by atoms with Crippen molar-refractivity contribution < 1.29 is 19.4 Å². The number of Topliss-reactive ketones (excluding diaryl/α,β-unsaturated/α-hetero) is 1. The van der Waals surface area contributed by atoms with Crippen LogP contribution in [0.5, 0.6) is 0 Å². The van der Waals surface area contributed by atoms with Crippen LogP contribution in [-0.4, -0.2) is 36.6 Å². The van der Waals surface area contributed by atoms with Gasteiger partial charge in [0.2, 0.25) is 0 Å². The average Bonchev–Trinajstić information content (AvgIpc) is 3.16. The van der Waals surface area contributed by atoms with Gasteiger partial charge in [0.25, 0.3) is 0 Å². The Balaban J connectivity index is 2.05. The maximum atomic E-state index is 13.8. The topological polar surface area (TPSA) is 66.8 Å². The number of rotatable bonds is 4. The van der Waals surface area contributed by atoms with Crippen LogP contribution >= 0.6 is 0 Å². The highest BCUT2D eigenvalue weighted by atomic mass is 16.5. The van der Waals surface area contributed by atoms with Gasteiger partial charge in [0.1, 0.15) is 16.6 Å². The van der Waals surface area contributed by atoms with Crippen molar-refractivity contribution in [1.29, 1.82) is 0 Å². The molecule has 5 heteroatoms. The van der Waals surface area contributed by atoms with Gasteiger partial charge >= 0.3 is 5.97 Å². The molecule has 1 N–H and O–H groups in total. The van der Waals surface area contributed by atoms with Gasteiger partial charge in [-0.3, -0.25) is 9.59 Å². The molecule has 1 heterocycles. The van der Waals surface area contributed by atoms with Crippen molar-refractivity contribution in [2.75, 3.05) is 19.1 Å². The number of carbonyl (C=O) groups excluding carboxylic acids is 2. The molecular formula is C24H25NO4. The first-order chi connectivity index (χ1) is 13.9. The fraction of sp³-hybridized carbons (Fsp3) is 0.333. The number of hydrogen-bond acceptors (Lipinski definition) is 5. The van der Waals surface area contributed by atoms with Crippen LogP contribution in [0.1, 0.15) is 35.2 Å². The molecule has 2 aliphatic rings. The van der Waals surface area contributed by atoms with Crippen molar-refractivity contribution in [2.45, 2.75) is 30.4 Å². The number of ether oxygens (including phenoxy) is 1. The molecule has 0 bridgehead atoms. The molecule has 1 fully saturated rings. The molecule has 0 saturated heterocycles. The maximum Gasteiger partial charge on any atom is 0.315 e. The van der Waals surface area contributed by atoms with E-state index in [9.17, 15) is 14.7 Å². The summed E-state index contributed by atoms with van der Waals surface area (Å²) in [6.45, 7) is 3.82. The van der Waals surface area contributed by atoms with Gasteiger partial charge in [-0.2, -0.15) is 0 Å². The Labute approximate surface area is 170 Å². The molecule has 1 saturated carbocycles. The third-order valence-corrected chi connectivity index (χ3v) is 6.92. The number of methoxy groups -OCH3 is 1. The second-order valence-electron chi connectivity index (χ2n) is 7.91. The summed E-state index contributed by atoms with van der Waals surface area (Å²) in [6.07, 6.45) is 2.45. The Bertz CT molecular complexity index is 987. The van der Waals surface area contributed by atoms with Crippen LogP contribution in [0.4, 0.5) is 5.69 Å². The molecule has 0 aromatic heterocycles. The van der Waals surface area contributed by atoms with Gasteiger partial charge in [-0.1, -0.05) is 48.5 Å². The number of nitrogens with zero attached hydrogens (tertiary/aromatic N) is 1. The van der Waals surface area contributed by atoms with E-state index in [2.05, 4.69) is 6.58 Å². The zero-order chi connectivity index (χ0) is 20.9. The molecule has 1 aliphatic carbocycles. The van der Waals surface area contributed by atoms with Crippen LogP contribution in [0.25, 0.3) is 0 Å². The van der Waals surface area contributed by atoms with Crippen molar-refractivity contribution in [2.24, 2.45) is 5.41 Å². The third kappa shape index (κ3) is 2.14. The number of allylic oxidation sites excluding steroid dienone is 1. The van der Waals surface area contributed by atoms with Crippen molar-refractivity contribution in [3.05, 3.63) is 78.4 Å². The lowest BCUT2D eigenvalue weighted by Gasteiger charge is -2.50. The van der Waals surface area contributed by atoms with Crippen molar-refractivity contribution in [1.82, 2.24) is 0 Å². The number of anilines is 1. The summed E-state index contributed by atoms with van der Waals surface area (Å²) in [6, 6.07) is 16.3. The highest BCUT2D eigenvalue weighted by Crippen LogP contribution is 2.65. The Morgan fingerprint density at radius 2 is 1.83 bits per heavy atom. The van der Waals surface area contributed by atoms with E-state index in [0.717, 1.165) is 5.69 Å². The van der Waals surface area contributed by atoms with Gasteiger partial charge in [0.05, 0.1) is 7.11 Å². The molecule has 2 aromatic rings. The molecule has 0 radical (unpaired) electrons. The van der Waals surface area contributed by atoms with E-state index in [1.165, 1.54) is 7.11 Å². The first-order valence-corrected chi connectivity index (χ1v) is 9.75. The number of likely N-dealkylation sites (N-methyl/N-ethyl adjacent to an activating group) is 1. The van der Waals surface area contributed by atoms with Crippen LogP contribution in [0.3, 0.4) is 0 Å². The highest BCUT2D eigenvalue weighted by molar-refractivity contribution is 6.15. The summed E-state index contributed by atoms with van der Waals surface area (Å²) < 4.78 is 5.18. The minimum atomic E-state index is -1.80. The van der Waals surface area contributed by atoms with Crippen molar-refractivity contribution in [3.8, 4) is 0 Å². The van der Waals surface area contributed by atoms with E-state index in [-0.39, 0.29) is 12.2 Å². The summed E-state index contributed by atoms with van der Waals surface area (Å²) in [4.78, 5) is 28.9. The Kier molecular flexibility index (Phi) is 4.39. The standard InChI is InChI=1S/C24H25NO4/c1-4-14-22(21(27)29-3)15-16-23(24(22,28)17-10-6-5-7-11-17)20(26)18-12-8-9-13-19(18)25(23)2/h4-13,28H,1,14-16H2,2-3H3/t22-,23?,24-/m0/s1. The summed E-state index contributed by atoms with van der Waals surface area (Å²) in [5, 5.41) is 12.6. The molecule has 1 aliphatic heterocycles. The van der Waals surface area contributed by atoms with Crippen LogP contribution < -0.4 is 4.90 Å². The van der Waals surface area contributed by atoms with Crippen molar-refractivity contribution >= 4 is 17.4 Å². The van der Waals surface area contributed by atoms with Gasteiger partial charge in [-0.15, -0.1) is 6.58 Å². The number of fused-ring (bicyclic) bond motifs is 1. The lowest BCUT2D eigenvalue weighted by molar-refractivity contribution is -0.174. The number of esters is 1.